The Morgan fingerprint density at radius 1 is 1.26 bits per heavy atom. The zero-order chi connectivity index (χ0) is 14.1. The first-order valence-corrected chi connectivity index (χ1v) is 7.09. The number of hydrogen-bond acceptors (Lipinski definition) is 3. The molecule has 0 fully saturated rings. The van der Waals surface area contributed by atoms with Gasteiger partial charge in [0.1, 0.15) is 0 Å². The van der Waals surface area contributed by atoms with Gasteiger partial charge in [-0.2, -0.15) is 0 Å². The standard InChI is InChI=1S/C16H28N2O/c1-5-19-12-11-18(4)14-16(2,13-17-3)15-9-7-6-8-10-15/h6-10,17H,5,11-14H2,1-4H3. The van der Waals surface area contributed by atoms with Crippen molar-refractivity contribution in [2.24, 2.45) is 0 Å². The predicted molar refractivity (Wildman–Crippen MR) is 81.7 cm³/mol. The van der Waals surface area contributed by atoms with E-state index in [0.29, 0.717) is 0 Å². The largest absolute Gasteiger partial charge is 0.380 e. The molecule has 0 aromatic heterocycles. The third kappa shape index (κ3) is 5.31. The van der Waals surface area contributed by atoms with E-state index in [1.165, 1.54) is 5.56 Å². The van der Waals surface area contributed by atoms with Crippen molar-refractivity contribution < 1.29 is 4.74 Å². The summed E-state index contributed by atoms with van der Waals surface area (Å²) in [5, 5.41) is 3.32. The Morgan fingerprint density at radius 2 is 1.95 bits per heavy atom. The molecule has 1 N–H and O–H groups in total. The van der Waals surface area contributed by atoms with Crippen LogP contribution in [-0.2, 0) is 10.2 Å². The second-order valence-electron chi connectivity index (χ2n) is 5.39. The van der Waals surface area contributed by atoms with Gasteiger partial charge in [-0.25, -0.2) is 0 Å². The van der Waals surface area contributed by atoms with Crippen molar-refractivity contribution in [2.75, 3.05) is 46.9 Å². The van der Waals surface area contributed by atoms with Crippen LogP contribution in [0.1, 0.15) is 19.4 Å². The molecule has 1 atom stereocenters. The molecular formula is C16H28N2O. The van der Waals surface area contributed by atoms with Gasteiger partial charge >= 0.3 is 0 Å². The molecule has 0 heterocycles. The Hall–Kier alpha value is -0.900. The van der Waals surface area contributed by atoms with Crippen LogP contribution in [0, 0.1) is 0 Å². The summed E-state index contributed by atoms with van der Waals surface area (Å²) in [6.07, 6.45) is 0. The zero-order valence-corrected chi connectivity index (χ0v) is 12.8. The van der Waals surface area contributed by atoms with E-state index in [4.69, 9.17) is 4.74 Å². The fraction of sp³-hybridized carbons (Fsp3) is 0.625. The van der Waals surface area contributed by atoms with Crippen LogP contribution in [0.4, 0.5) is 0 Å². The quantitative estimate of drug-likeness (QED) is 0.692. The highest BCUT2D eigenvalue weighted by molar-refractivity contribution is 5.25. The number of nitrogens with one attached hydrogen (secondary N) is 1. The SMILES string of the molecule is CCOCCN(C)CC(C)(CNC)c1ccccc1. The van der Waals surface area contributed by atoms with Crippen molar-refractivity contribution in [3.8, 4) is 0 Å². The molecular weight excluding hydrogens is 236 g/mol. The lowest BCUT2D eigenvalue weighted by atomic mass is 9.82. The summed E-state index contributed by atoms with van der Waals surface area (Å²) in [4.78, 5) is 2.35. The van der Waals surface area contributed by atoms with E-state index in [1.807, 2.05) is 14.0 Å². The highest BCUT2D eigenvalue weighted by Gasteiger charge is 2.27. The third-order valence-electron chi connectivity index (χ3n) is 3.48. The summed E-state index contributed by atoms with van der Waals surface area (Å²) >= 11 is 0. The number of ether oxygens (including phenoxy) is 1. The van der Waals surface area contributed by atoms with Crippen LogP contribution in [0.25, 0.3) is 0 Å². The van der Waals surface area contributed by atoms with Crippen molar-refractivity contribution in [1.82, 2.24) is 10.2 Å². The molecule has 3 heteroatoms. The lowest BCUT2D eigenvalue weighted by molar-refractivity contribution is 0.114. The van der Waals surface area contributed by atoms with E-state index in [-0.39, 0.29) is 5.41 Å². The summed E-state index contributed by atoms with van der Waals surface area (Å²) in [7, 11) is 4.18. The van der Waals surface area contributed by atoms with Crippen LogP contribution in [0.15, 0.2) is 30.3 Å². The molecule has 0 saturated heterocycles. The normalized spacial score (nSPS) is 14.6. The van der Waals surface area contributed by atoms with E-state index in [1.54, 1.807) is 0 Å². The molecule has 19 heavy (non-hydrogen) atoms. The van der Waals surface area contributed by atoms with Crippen LogP contribution in [0.2, 0.25) is 0 Å². The number of likely N-dealkylation sites (N-methyl/N-ethyl adjacent to an activating group) is 2. The van der Waals surface area contributed by atoms with Gasteiger partial charge in [0.25, 0.3) is 0 Å². The third-order valence-corrected chi connectivity index (χ3v) is 3.48. The van der Waals surface area contributed by atoms with Crippen molar-refractivity contribution >= 4 is 0 Å². The number of nitrogens with zero attached hydrogens (tertiary/aromatic N) is 1. The lowest BCUT2D eigenvalue weighted by Crippen LogP contribution is -2.44. The van der Waals surface area contributed by atoms with Gasteiger partial charge in [-0.05, 0) is 26.6 Å². The Labute approximate surface area is 118 Å². The molecule has 1 aromatic carbocycles. The molecule has 0 aliphatic carbocycles. The Morgan fingerprint density at radius 3 is 2.53 bits per heavy atom. The zero-order valence-electron chi connectivity index (χ0n) is 12.8. The monoisotopic (exact) mass is 264 g/mol. The fourth-order valence-electron chi connectivity index (χ4n) is 2.52. The highest BCUT2D eigenvalue weighted by atomic mass is 16.5. The molecule has 0 aliphatic rings. The van der Waals surface area contributed by atoms with Gasteiger partial charge in [0.05, 0.1) is 6.61 Å². The second-order valence-corrected chi connectivity index (χ2v) is 5.39. The molecule has 1 unspecified atom stereocenters. The van der Waals surface area contributed by atoms with Crippen molar-refractivity contribution in [1.29, 1.82) is 0 Å². The number of hydrogen-bond donors (Lipinski definition) is 1. The fourth-order valence-corrected chi connectivity index (χ4v) is 2.52. The molecule has 0 aliphatic heterocycles. The molecule has 0 spiro atoms. The molecule has 1 aromatic rings. The second kappa shape index (κ2) is 8.31. The van der Waals surface area contributed by atoms with Crippen LogP contribution in [0.5, 0.6) is 0 Å². The number of benzene rings is 1. The summed E-state index contributed by atoms with van der Waals surface area (Å²) in [6, 6.07) is 10.7. The summed E-state index contributed by atoms with van der Waals surface area (Å²) in [6.45, 7) is 8.91. The first kappa shape index (κ1) is 16.2. The van der Waals surface area contributed by atoms with E-state index in [0.717, 1.165) is 32.8 Å². The number of rotatable bonds is 9. The molecule has 3 nitrogen and oxygen atoms in total. The Balaban J connectivity index is 2.66. The molecule has 0 saturated carbocycles. The van der Waals surface area contributed by atoms with Gasteiger partial charge in [0, 0.05) is 31.7 Å². The Kier molecular flexibility index (Phi) is 7.06. The van der Waals surface area contributed by atoms with E-state index < -0.39 is 0 Å². The van der Waals surface area contributed by atoms with Crippen molar-refractivity contribution in [2.45, 2.75) is 19.3 Å². The van der Waals surface area contributed by atoms with E-state index in [9.17, 15) is 0 Å². The van der Waals surface area contributed by atoms with Gasteiger partial charge in [-0.3, -0.25) is 0 Å². The minimum absolute atomic E-state index is 0.122. The molecule has 0 amide bonds. The predicted octanol–water partition coefficient (Wildman–Crippen LogP) is 2.13. The average molecular weight is 264 g/mol. The van der Waals surface area contributed by atoms with Crippen LogP contribution in [0.3, 0.4) is 0 Å². The molecule has 1 rings (SSSR count). The molecule has 0 radical (unpaired) electrons. The van der Waals surface area contributed by atoms with E-state index >= 15 is 0 Å². The Bertz CT molecular complexity index is 342. The first-order chi connectivity index (χ1) is 9.12. The van der Waals surface area contributed by atoms with Crippen molar-refractivity contribution in [3.05, 3.63) is 35.9 Å². The van der Waals surface area contributed by atoms with Gasteiger partial charge in [0.15, 0.2) is 0 Å². The summed E-state index contributed by atoms with van der Waals surface area (Å²) < 4.78 is 5.43. The summed E-state index contributed by atoms with van der Waals surface area (Å²) in [5.41, 5.74) is 1.50. The van der Waals surface area contributed by atoms with Gasteiger partial charge in [-0.15, -0.1) is 0 Å². The summed E-state index contributed by atoms with van der Waals surface area (Å²) in [5.74, 6) is 0. The maximum absolute atomic E-state index is 5.43. The van der Waals surface area contributed by atoms with Crippen LogP contribution < -0.4 is 5.32 Å². The maximum Gasteiger partial charge on any atom is 0.0593 e. The minimum atomic E-state index is 0.122. The molecule has 0 bridgehead atoms. The smallest absolute Gasteiger partial charge is 0.0593 e. The van der Waals surface area contributed by atoms with Crippen LogP contribution in [-0.4, -0.2) is 51.8 Å². The first-order valence-electron chi connectivity index (χ1n) is 7.09. The topological polar surface area (TPSA) is 24.5 Å². The van der Waals surface area contributed by atoms with E-state index in [2.05, 4.69) is 54.5 Å². The maximum atomic E-state index is 5.43. The van der Waals surface area contributed by atoms with Crippen LogP contribution >= 0.6 is 0 Å². The minimum Gasteiger partial charge on any atom is -0.380 e. The van der Waals surface area contributed by atoms with Gasteiger partial charge < -0.3 is 15.0 Å². The van der Waals surface area contributed by atoms with Gasteiger partial charge in [0.2, 0.25) is 0 Å². The molecule has 108 valence electrons. The highest BCUT2D eigenvalue weighted by Crippen LogP contribution is 2.23. The van der Waals surface area contributed by atoms with Crippen molar-refractivity contribution in [3.63, 3.8) is 0 Å². The van der Waals surface area contributed by atoms with Gasteiger partial charge in [-0.1, -0.05) is 37.3 Å². The average Bonchev–Trinajstić information content (AvgIpc) is 2.40. The lowest BCUT2D eigenvalue weighted by Gasteiger charge is -2.34.